The van der Waals surface area contributed by atoms with Crippen molar-refractivity contribution in [3.05, 3.63) is 28.8 Å². The Kier molecular flexibility index (Phi) is 4.12. The Balaban J connectivity index is 2.11. The van der Waals surface area contributed by atoms with Gasteiger partial charge in [0.05, 0.1) is 10.6 Å². The number of hydrogen-bond donors (Lipinski definition) is 1. The number of nitrogens with zero attached hydrogens (tertiary/aromatic N) is 1. The molecule has 0 bridgehead atoms. The van der Waals surface area contributed by atoms with E-state index < -0.39 is 5.97 Å². The first kappa shape index (κ1) is 13.2. The molecule has 1 aliphatic heterocycles. The van der Waals surface area contributed by atoms with Crippen LogP contribution in [-0.4, -0.2) is 24.2 Å². The minimum Gasteiger partial charge on any atom is -0.478 e. The smallest absolute Gasteiger partial charge is 0.337 e. The van der Waals surface area contributed by atoms with Gasteiger partial charge in [-0.05, 0) is 37.0 Å². The lowest BCUT2D eigenvalue weighted by Gasteiger charge is -2.33. The van der Waals surface area contributed by atoms with Crippen LogP contribution in [-0.2, 0) is 0 Å². The van der Waals surface area contributed by atoms with E-state index in [1.165, 1.54) is 19.3 Å². The van der Waals surface area contributed by atoms with Gasteiger partial charge in [0.25, 0.3) is 0 Å². The molecule has 1 N–H and O–H groups in total. The van der Waals surface area contributed by atoms with E-state index in [0.717, 1.165) is 24.7 Å². The average molecular weight is 268 g/mol. The molecule has 0 radical (unpaired) electrons. The molecule has 0 aromatic heterocycles. The van der Waals surface area contributed by atoms with Crippen LogP contribution in [0.25, 0.3) is 0 Å². The van der Waals surface area contributed by atoms with Gasteiger partial charge in [-0.3, -0.25) is 0 Å². The summed E-state index contributed by atoms with van der Waals surface area (Å²) in [7, 11) is 0. The molecule has 0 amide bonds. The van der Waals surface area contributed by atoms with E-state index >= 15 is 0 Å². The zero-order chi connectivity index (χ0) is 13.1. The van der Waals surface area contributed by atoms with Gasteiger partial charge in [0.1, 0.15) is 0 Å². The summed E-state index contributed by atoms with van der Waals surface area (Å²) in [6.45, 7) is 4.29. The summed E-state index contributed by atoms with van der Waals surface area (Å²) in [5.74, 6) is -0.147. The minimum absolute atomic E-state index is 0.170. The third-order valence-corrected chi connectivity index (χ3v) is 4.05. The SMILES string of the molecule is CCC1CCN(c2ccc(C(=O)O)c(Cl)c2)CC1. The van der Waals surface area contributed by atoms with Gasteiger partial charge in [0.2, 0.25) is 0 Å². The highest BCUT2D eigenvalue weighted by atomic mass is 35.5. The zero-order valence-corrected chi connectivity index (χ0v) is 11.3. The maximum Gasteiger partial charge on any atom is 0.337 e. The first-order valence-electron chi connectivity index (χ1n) is 6.39. The van der Waals surface area contributed by atoms with Crippen molar-refractivity contribution in [3.8, 4) is 0 Å². The van der Waals surface area contributed by atoms with Gasteiger partial charge >= 0.3 is 5.97 Å². The third kappa shape index (κ3) is 2.78. The monoisotopic (exact) mass is 267 g/mol. The lowest BCUT2D eigenvalue weighted by atomic mass is 9.94. The van der Waals surface area contributed by atoms with Crippen LogP contribution in [0.2, 0.25) is 5.02 Å². The molecular weight excluding hydrogens is 250 g/mol. The first-order valence-corrected chi connectivity index (χ1v) is 6.77. The van der Waals surface area contributed by atoms with E-state index in [1.807, 2.05) is 6.07 Å². The highest BCUT2D eigenvalue weighted by Gasteiger charge is 2.19. The van der Waals surface area contributed by atoms with Crippen molar-refractivity contribution in [2.45, 2.75) is 26.2 Å². The van der Waals surface area contributed by atoms with Crippen molar-refractivity contribution in [2.75, 3.05) is 18.0 Å². The van der Waals surface area contributed by atoms with Crippen molar-refractivity contribution < 1.29 is 9.90 Å². The molecule has 0 aliphatic carbocycles. The number of hydrogen-bond acceptors (Lipinski definition) is 2. The number of aromatic carboxylic acids is 1. The predicted octanol–water partition coefficient (Wildman–Crippen LogP) is 3.66. The summed E-state index contributed by atoms with van der Waals surface area (Å²) in [6.07, 6.45) is 3.65. The molecule has 1 heterocycles. The lowest BCUT2D eigenvalue weighted by molar-refractivity contribution is 0.0697. The molecule has 4 heteroatoms. The van der Waals surface area contributed by atoms with Crippen LogP contribution in [0.5, 0.6) is 0 Å². The number of carboxylic acids is 1. The van der Waals surface area contributed by atoms with E-state index in [1.54, 1.807) is 12.1 Å². The van der Waals surface area contributed by atoms with Crippen molar-refractivity contribution in [2.24, 2.45) is 5.92 Å². The summed E-state index contributed by atoms with van der Waals surface area (Å²) < 4.78 is 0. The van der Waals surface area contributed by atoms with Gasteiger partial charge in [-0.1, -0.05) is 24.9 Å². The standard InChI is InChI=1S/C14H18ClNO2/c1-2-10-5-7-16(8-6-10)11-3-4-12(14(17)18)13(15)9-11/h3-4,9-10H,2,5-8H2,1H3,(H,17,18). The molecule has 0 atom stereocenters. The largest absolute Gasteiger partial charge is 0.478 e. The second kappa shape index (κ2) is 5.61. The molecule has 98 valence electrons. The maximum absolute atomic E-state index is 10.9. The molecule has 1 aromatic carbocycles. The van der Waals surface area contributed by atoms with Crippen LogP contribution in [0.1, 0.15) is 36.5 Å². The number of piperidine rings is 1. The molecular formula is C14H18ClNO2. The highest BCUT2D eigenvalue weighted by Crippen LogP contribution is 2.28. The predicted molar refractivity (Wildman–Crippen MR) is 73.6 cm³/mol. The van der Waals surface area contributed by atoms with Crippen molar-refractivity contribution in [1.29, 1.82) is 0 Å². The summed E-state index contributed by atoms with van der Waals surface area (Å²) in [5, 5.41) is 9.25. The van der Waals surface area contributed by atoms with Gasteiger partial charge < -0.3 is 10.0 Å². The maximum atomic E-state index is 10.9. The van der Waals surface area contributed by atoms with Crippen molar-refractivity contribution in [1.82, 2.24) is 0 Å². The molecule has 1 aliphatic rings. The Morgan fingerprint density at radius 1 is 1.44 bits per heavy atom. The number of carbonyl (C=O) groups is 1. The second-order valence-electron chi connectivity index (χ2n) is 4.81. The van der Waals surface area contributed by atoms with Crippen LogP contribution in [0.15, 0.2) is 18.2 Å². The van der Waals surface area contributed by atoms with Crippen LogP contribution in [0, 0.1) is 5.92 Å². The lowest BCUT2D eigenvalue weighted by Crippen LogP contribution is -2.33. The first-order chi connectivity index (χ1) is 8.61. The Hall–Kier alpha value is -1.22. The molecule has 0 spiro atoms. The molecule has 0 saturated carbocycles. The van der Waals surface area contributed by atoms with Crippen molar-refractivity contribution in [3.63, 3.8) is 0 Å². The molecule has 18 heavy (non-hydrogen) atoms. The van der Waals surface area contributed by atoms with Gasteiger partial charge in [0, 0.05) is 18.8 Å². The van der Waals surface area contributed by atoms with Gasteiger partial charge in [-0.25, -0.2) is 4.79 Å². The topological polar surface area (TPSA) is 40.5 Å². The number of rotatable bonds is 3. The summed E-state index contributed by atoms with van der Waals surface area (Å²) in [4.78, 5) is 13.2. The third-order valence-electron chi connectivity index (χ3n) is 3.74. The van der Waals surface area contributed by atoms with Crippen LogP contribution >= 0.6 is 11.6 Å². The highest BCUT2D eigenvalue weighted by molar-refractivity contribution is 6.33. The molecule has 1 aromatic rings. The summed E-state index contributed by atoms with van der Waals surface area (Å²) in [5.41, 5.74) is 1.20. The molecule has 2 rings (SSSR count). The summed E-state index contributed by atoms with van der Waals surface area (Å²) >= 11 is 5.99. The van der Waals surface area contributed by atoms with E-state index in [-0.39, 0.29) is 5.56 Å². The molecule has 1 saturated heterocycles. The quantitative estimate of drug-likeness (QED) is 0.908. The zero-order valence-electron chi connectivity index (χ0n) is 10.5. The molecule has 1 fully saturated rings. The fourth-order valence-corrected chi connectivity index (χ4v) is 2.73. The van der Waals surface area contributed by atoms with E-state index in [2.05, 4.69) is 11.8 Å². The van der Waals surface area contributed by atoms with E-state index in [0.29, 0.717) is 5.02 Å². The van der Waals surface area contributed by atoms with Crippen molar-refractivity contribution >= 4 is 23.3 Å². The minimum atomic E-state index is -0.976. The molecule has 0 unspecified atom stereocenters. The fraction of sp³-hybridized carbons (Fsp3) is 0.500. The van der Waals surface area contributed by atoms with E-state index in [9.17, 15) is 4.79 Å². The van der Waals surface area contributed by atoms with Crippen LogP contribution in [0.4, 0.5) is 5.69 Å². The van der Waals surface area contributed by atoms with Crippen LogP contribution < -0.4 is 4.90 Å². The Bertz CT molecular complexity index is 439. The van der Waals surface area contributed by atoms with Gasteiger partial charge in [-0.15, -0.1) is 0 Å². The average Bonchev–Trinajstić information content (AvgIpc) is 2.38. The number of halogens is 1. The second-order valence-corrected chi connectivity index (χ2v) is 5.22. The van der Waals surface area contributed by atoms with Gasteiger partial charge in [0.15, 0.2) is 0 Å². The van der Waals surface area contributed by atoms with E-state index in [4.69, 9.17) is 16.7 Å². The Morgan fingerprint density at radius 3 is 2.61 bits per heavy atom. The molecule has 3 nitrogen and oxygen atoms in total. The van der Waals surface area contributed by atoms with Gasteiger partial charge in [-0.2, -0.15) is 0 Å². The van der Waals surface area contributed by atoms with Crippen LogP contribution in [0.3, 0.4) is 0 Å². The number of carboxylic acid groups (broad SMARTS) is 1. The Labute approximate surface area is 112 Å². The summed E-state index contributed by atoms with van der Waals surface area (Å²) in [6, 6.07) is 5.20. The Morgan fingerprint density at radius 2 is 2.11 bits per heavy atom. The number of anilines is 1. The fourth-order valence-electron chi connectivity index (χ4n) is 2.47. The normalized spacial score (nSPS) is 16.9. The number of benzene rings is 1.